The van der Waals surface area contributed by atoms with Crippen molar-refractivity contribution in [1.29, 1.82) is 0 Å². The van der Waals surface area contributed by atoms with Gasteiger partial charge in [0, 0.05) is 32.3 Å². The van der Waals surface area contributed by atoms with Gasteiger partial charge in [0.05, 0.1) is 5.52 Å². The number of hydrogen-bond acceptors (Lipinski definition) is 3. The Morgan fingerprint density at radius 3 is 2.67 bits per heavy atom. The average Bonchev–Trinajstić information content (AvgIpc) is 2.95. The fourth-order valence-corrected chi connectivity index (χ4v) is 3.64. The second kappa shape index (κ2) is 6.37. The van der Waals surface area contributed by atoms with Crippen LogP contribution in [0.15, 0.2) is 30.3 Å². The van der Waals surface area contributed by atoms with Gasteiger partial charge in [-0.1, -0.05) is 12.1 Å². The normalized spacial score (nSPS) is 16.1. The highest BCUT2D eigenvalue weighted by atomic mass is 19.1. The van der Waals surface area contributed by atoms with Gasteiger partial charge in [0.1, 0.15) is 23.3 Å². The first kappa shape index (κ1) is 17.5. The van der Waals surface area contributed by atoms with Crippen molar-refractivity contribution >= 4 is 16.9 Å². The van der Waals surface area contributed by atoms with Gasteiger partial charge in [-0.05, 0) is 43.5 Å². The molecule has 0 aliphatic carbocycles. The first-order valence-electron chi connectivity index (χ1n) is 8.99. The monoisotopic (exact) mass is 367 g/mol. The van der Waals surface area contributed by atoms with Crippen LogP contribution in [0.4, 0.5) is 4.39 Å². The molecule has 1 aliphatic rings. The van der Waals surface area contributed by atoms with Crippen molar-refractivity contribution in [2.24, 2.45) is 7.05 Å². The molecule has 0 N–H and O–H groups in total. The van der Waals surface area contributed by atoms with Crippen LogP contribution in [-0.2, 0) is 13.5 Å². The molecule has 1 amide bonds. The van der Waals surface area contributed by atoms with E-state index in [1.54, 1.807) is 31.1 Å². The number of ether oxygens (including phenoxy) is 1. The first-order valence-corrected chi connectivity index (χ1v) is 8.99. The van der Waals surface area contributed by atoms with E-state index in [1.807, 2.05) is 24.6 Å². The van der Waals surface area contributed by atoms with E-state index in [1.165, 1.54) is 12.1 Å². The highest BCUT2D eigenvalue weighted by Crippen LogP contribution is 2.41. The molecule has 27 heavy (non-hydrogen) atoms. The van der Waals surface area contributed by atoms with Crippen molar-refractivity contribution in [1.82, 2.24) is 14.5 Å². The van der Waals surface area contributed by atoms with E-state index in [0.29, 0.717) is 17.7 Å². The minimum Gasteiger partial charge on any atom is -0.483 e. The van der Waals surface area contributed by atoms with Gasteiger partial charge in [-0.15, -0.1) is 0 Å². The van der Waals surface area contributed by atoms with Crippen LogP contribution < -0.4 is 4.74 Å². The topological polar surface area (TPSA) is 47.4 Å². The molecular formula is C21H22FN3O2. The van der Waals surface area contributed by atoms with Crippen LogP contribution >= 0.6 is 0 Å². The third-order valence-electron chi connectivity index (χ3n) is 5.25. The molecule has 0 saturated carbocycles. The molecule has 6 heteroatoms. The van der Waals surface area contributed by atoms with Crippen LogP contribution in [0.2, 0.25) is 0 Å². The fourth-order valence-electron chi connectivity index (χ4n) is 3.64. The number of carbonyl (C=O) groups is 1. The maximum atomic E-state index is 13.3. The number of amides is 1. The molecule has 1 atom stereocenters. The summed E-state index contributed by atoms with van der Waals surface area (Å²) in [5.74, 6) is 1.21. The second-order valence-electron chi connectivity index (χ2n) is 7.21. The second-order valence-corrected chi connectivity index (χ2v) is 7.21. The zero-order chi connectivity index (χ0) is 19.3. The van der Waals surface area contributed by atoms with Crippen LogP contribution in [0.3, 0.4) is 0 Å². The van der Waals surface area contributed by atoms with Crippen LogP contribution in [-0.4, -0.2) is 34.5 Å². The Bertz CT molecular complexity index is 1040. The van der Waals surface area contributed by atoms with Crippen molar-refractivity contribution in [2.75, 3.05) is 14.1 Å². The van der Waals surface area contributed by atoms with Gasteiger partial charge in [0.25, 0.3) is 5.91 Å². The number of aryl methyl sites for hydroxylation is 2. The predicted octanol–water partition coefficient (Wildman–Crippen LogP) is 3.79. The largest absolute Gasteiger partial charge is 0.483 e. The summed E-state index contributed by atoms with van der Waals surface area (Å²) < 4.78 is 21.6. The van der Waals surface area contributed by atoms with E-state index < -0.39 is 0 Å². The molecule has 0 spiro atoms. The fraction of sp³-hybridized carbons (Fsp3) is 0.333. The maximum absolute atomic E-state index is 13.3. The number of carbonyl (C=O) groups excluding carboxylic acids is 1. The number of aromatic nitrogens is 2. The quantitative estimate of drug-likeness (QED) is 0.692. The smallest absolute Gasteiger partial charge is 0.253 e. The van der Waals surface area contributed by atoms with Gasteiger partial charge in [0.2, 0.25) is 0 Å². The summed E-state index contributed by atoms with van der Waals surface area (Å²) in [5.41, 5.74) is 4.12. The summed E-state index contributed by atoms with van der Waals surface area (Å²) >= 11 is 0. The zero-order valence-electron chi connectivity index (χ0n) is 15.9. The summed E-state index contributed by atoms with van der Waals surface area (Å²) in [6.45, 7) is 1.93. The van der Waals surface area contributed by atoms with Crippen molar-refractivity contribution in [3.8, 4) is 5.75 Å². The minimum atomic E-state index is -0.267. The van der Waals surface area contributed by atoms with Crippen LogP contribution in [0.5, 0.6) is 5.75 Å². The number of nitrogens with zero attached hydrogens (tertiary/aromatic N) is 3. The molecule has 1 aliphatic heterocycles. The number of benzene rings is 2. The average molecular weight is 367 g/mol. The van der Waals surface area contributed by atoms with Gasteiger partial charge in [-0.2, -0.15) is 0 Å². The molecule has 0 bridgehead atoms. The lowest BCUT2D eigenvalue weighted by molar-refractivity contribution is 0.0823. The van der Waals surface area contributed by atoms with E-state index >= 15 is 0 Å². The molecule has 4 rings (SSSR count). The van der Waals surface area contributed by atoms with Crippen LogP contribution in [0, 0.1) is 12.7 Å². The Kier molecular flexibility index (Phi) is 4.13. The van der Waals surface area contributed by atoms with E-state index in [0.717, 1.165) is 34.4 Å². The molecule has 2 heterocycles. The minimum absolute atomic E-state index is 0.0455. The molecule has 2 aromatic carbocycles. The highest BCUT2D eigenvalue weighted by molar-refractivity contribution is 6.01. The van der Waals surface area contributed by atoms with E-state index in [-0.39, 0.29) is 17.8 Å². The molecule has 5 nitrogen and oxygen atoms in total. The molecule has 0 unspecified atom stereocenters. The molecule has 0 fully saturated rings. The Labute approximate surface area is 157 Å². The Morgan fingerprint density at radius 2 is 2.00 bits per heavy atom. The Hall–Kier alpha value is -2.89. The van der Waals surface area contributed by atoms with Crippen molar-refractivity contribution in [3.05, 3.63) is 58.7 Å². The number of rotatable bonds is 2. The maximum Gasteiger partial charge on any atom is 0.253 e. The molecular weight excluding hydrogens is 345 g/mol. The summed E-state index contributed by atoms with van der Waals surface area (Å²) in [6.07, 6.45) is 1.25. The number of imidazole rings is 1. The number of halogens is 1. The Balaban J connectivity index is 1.87. The molecule has 0 saturated heterocycles. The summed E-state index contributed by atoms with van der Waals surface area (Å²) in [5, 5.41) is 0. The summed E-state index contributed by atoms with van der Waals surface area (Å²) in [7, 11) is 5.43. The van der Waals surface area contributed by atoms with E-state index in [2.05, 4.69) is 4.98 Å². The SMILES string of the molecule is Cc1nc2c3c(c(C(=O)N(C)C)cc2n1C)CC[C@@H](c1ccc(F)cc1)O3. The molecule has 140 valence electrons. The standard InChI is InChI=1S/C21H22FN3O2/c1-12-23-19-17(25(12)4)11-16(21(26)24(2)3)15-9-10-18(27-20(15)19)13-5-7-14(22)8-6-13/h5-8,11,18H,9-10H2,1-4H3/t18-/m0/s1. The van der Waals surface area contributed by atoms with E-state index in [9.17, 15) is 9.18 Å². The van der Waals surface area contributed by atoms with Crippen molar-refractivity contribution < 1.29 is 13.9 Å². The third kappa shape index (κ3) is 2.85. The highest BCUT2D eigenvalue weighted by Gasteiger charge is 2.30. The van der Waals surface area contributed by atoms with Gasteiger partial charge in [-0.25, -0.2) is 9.37 Å². The van der Waals surface area contributed by atoms with Crippen LogP contribution in [0.25, 0.3) is 11.0 Å². The van der Waals surface area contributed by atoms with E-state index in [4.69, 9.17) is 4.74 Å². The summed E-state index contributed by atoms with van der Waals surface area (Å²) in [4.78, 5) is 19.0. The van der Waals surface area contributed by atoms with Gasteiger partial charge in [0.15, 0.2) is 5.75 Å². The lowest BCUT2D eigenvalue weighted by Crippen LogP contribution is -2.25. The molecule has 0 radical (unpaired) electrons. The lowest BCUT2D eigenvalue weighted by Gasteiger charge is -2.28. The number of hydrogen-bond donors (Lipinski definition) is 0. The Morgan fingerprint density at radius 1 is 1.30 bits per heavy atom. The number of fused-ring (bicyclic) bond motifs is 3. The zero-order valence-corrected chi connectivity index (χ0v) is 15.9. The van der Waals surface area contributed by atoms with Crippen LogP contribution in [0.1, 0.15) is 39.8 Å². The predicted molar refractivity (Wildman–Crippen MR) is 102 cm³/mol. The molecule has 1 aromatic heterocycles. The van der Waals surface area contributed by atoms with Gasteiger partial charge in [-0.3, -0.25) is 4.79 Å². The van der Waals surface area contributed by atoms with Crippen molar-refractivity contribution in [2.45, 2.75) is 25.9 Å². The lowest BCUT2D eigenvalue weighted by atomic mass is 9.93. The third-order valence-corrected chi connectivity index (χ3v) is 5.25. The van der Waals surface area contributed by atoms with Crippen molar-refractivity contribution in [3.63, 3.8) is 0 Å². The summed E-state index contributed by atoms with van der Waals surface area (Å²) in [6, 6.07) is 8.31. The first-order chi connectivity index (χ1) is 12.9. The molecule has 3 aromatic rings. The van der Waals surface area contributed by atoms with Gasteiger partial charge < -0.3 is 14.2 Å². The van der Waals surface area contributed by atoms with Gasteiger partial charge >= 0.3 is 0 Å².